The van der Waals surface area contributed by atoms with E-state index in [-0.39, 0.29) is 11.9 Å². The lowest BCUT2D eigenvalue weighted by atomic mass is 10.0. The number of carbonyl (C=O) groups excluding carboxylic acids is 1. The number of rotatable bonds is 4. The number of nitrogens with one attached hydrogen (secondary N) is 1. The van der Waals surface area contributed by atoms with Crippen molar-refractivity contribution in [3.05, 3.63) is 29.8 Å². The van der Waals surface area contributed by atoms with Crippen LogP contribution < -0.4 is 10.2 Å². The second-order valence-electron chi connectivity index (χ2n) is 6.41. The van der Waals surface area contributed by atoms with E-state index in [1.807, 2.05) is 28.2 Å². The standard InChI is InChI=1S/C17H28N4O/c1-13-12-18-10-11-21(13)16(17(22)20(4)5)14-6-8-15(9-7-14)19(2)3/h6-9,13,16,18H,10-12H2,1-5H3. The summed E-state index contributed by atoms with van der Waals surface area (Å²) in [4.78, 5) is 18.8. The fourth-order valence-electron chi connectivity index (χ4n) is 2.92. The maximum Gasteiger partial charge on any atom is 0.244 e. The van der Waals surface area contributed by atoms with E-state index >= 15 is 0 Å². The van der Waals surface area contributed by atoms with Crippen LogP contribution in [-0.2, 0) is 4.79 Å². The average molecular weight is 304 g/mol. The highest BCUT2D eigenvalue weighted by molar-refractivity contribution is 5.83. The Hall–Kier alpha value is -1.59. The number of amides is 1. The van der Waals surface area contributed by atoms with Crippen molar-refractivity contribution in [3.8, 4) is 0 Å². The van der Waals surface area contributed by atoms with Gasteiger partial charge < -0.3 is 15.1 Å². The third-order valence-corrected chi connectivity index (χ3v) is 4.28. The minimum absolute atomic E-state index is 0.145. The Balaban J connectivity index is 2.33. The molecule has 1 saturated heterocycles. The van der Waals surface area contributed by atoms with Gasteiger partial charge in [-0.25, -0.2) is 0 Å². The molecule has 0 aliphatic carbocycles. The van der Waals surface area contributed by atoms with Gasteiger partial charge in [-0.2, -0.15) is 0 Å². The van der Waals surface area contributed by atoms with Crippen molar-refractivity contribution in [1.29, 1.82) is 0 Å². The van der Waals surface area contributed by atoms with Crippen LogP contribution in [0, 0.1) is 0 Å². The Morgan fingerprint density at radius 1 is 1.23 bits per heavy atom. The molecule has 0 saturated carbocycles. The van der Waals surface area contributed by atoms with Crippen LogP contribution >= 0.6 is 0 Å². The molecule has 1 aromatic rings. The van der Waals surface area contributed by atoms with Gasteiger partial charge in [-0.15, -0.1) is 0 Å². The van der Waals surface area contributed by atoms with Crippen molar-refractivity contribution in [2.24, 2.45) is 0 Å². The SMILES string of the molecule is CC1CNCCN1C(C(=O)N(C)C)c1ccc(N(C)C)cc1. The first-order chi connectivity index (χ1) is 10.4. The number of hydrogen-bond donors (Lipinski definition) is 1. The van der Waals surface area contributed by atoms with Gasteiger partial charge in [0.2, 0.25) is 5.91 Å². The normalized spacial score (nSPS) is 20.5. The summed E-state index contributed by atoms with van der Waals surface area (Å²) in [5, 5.41) is 3.39. The molecule has 2 unspecified atom stereocenters. The minimum Gasteiger partial charge on any atom is -0.378 e. The highest BCUT2D eigenvalue weighted by Crippen LogP contribution is 2.27. The van der Waals surface area contributed by atoms with Gasteiger partial charge in [-0.1, -0.05) is 12.1 Å². The smallest absolute Gasteiger partial charge is 0.244 e. The maximum atomic E-state index is 12.8. The van der Waals surface area contributed by atoms with Crippen molar-refractivity contribution in [3.63, 3.8) is 0 Å². The molecule has 0 bridgehead atoms. The summed E-state index contributed by atoms with van der Waals surface area (Å²) < 4.78 is 0. The molecule has 22 heavy (non-hydrogen) atoms. The first-order valence-corrected chi connectivity index (χ1v) is 7.86. The van der Waals surface area contributed by atoms with Crippen LogP contribution in [0.25, 0.3) is 0 Å². The number of nitrogens with zero attached hydrogens (tertiary/aromatic N) is 3. The van der Waals surface area contributed by atoms with Gasteiger partial charge in [-0.05, 0) is 24.6 Å². The molecule has 0 aromatic heterocycles. The monoisotopic (exact) mass is 304 g/mol. The molecular formula is C17H28N4O. The van der Waals surface area contributed by atoms with Crippen molar-refractivity contribution >= 4 is 11.6 Å². The van der Waals surface area contributed by atoms with Crippen LogP contribution in [0.1, 0.15) is 18.5 Å². The molecule has 1 aliphatic rings. The van der Waals surface area contributed by atoms with Gasteiger partial charge in [0.25, 0.3) is 0 Å². The highest BCUT2D eigenvalue weighted by Gasteiger charge is 2.33. The molecular weight excluding hydrogens is 276 g/mol. The van der Waals surface area contributed by atoms with Gasteiger partial charge in [0.15, 0.2) is 0 Å². The molecule has 0 spiro atoms. The Kier molecular flexibility index (Phi) is 5.42. The molecule has 5 nitrogen and oxygen atoms in total. The third kappa shape index (κ3) is 3.59. The quantitative estimate of drug-likeness (QED) is 0.906. The number of hydrogen-bond acceptors (Lipinski definition) is 4. The van der Waals surface area contributed by atoms with E-state index < -0.39 is 0 Å². The van der Waals surface area contributed by atoms with E-state index in [0.717, 1.165) is 30.9 Å². The molecule has 1 aliphatic heterocycles. The second-order valence-corrected chi connectivity index (χ2v) is 6.41. The van der Waals surface area contributed by atoms with Crippen molar-refractivity contribution in [1.82, 2.24) is 15.1 Å². The van der Waals surface area contributed by atoms with Crippen LogP contribution in [0.4, 0.5) is 5.69 Å². The van der Waals surface area contributed by atoms with Gasteiger partial charge in [0.05, 0.1) is 0 Å². The molecule has 1 amide bonds. The fourth-order valence-corrected chi connectivity index (χ4v) is 2.92. The largest absolute Gasteiger partial charge is 0.378 e. The van der Waals surface area contributed by atoms with Crippen molar-refractivity contribution in [2.45, 2.75) is 19.0 Å². The van der Waals surface area contributed by atoms with E-state index in [4.69, 9.17) is 0 Å². The zero-order chi connectivity index (χ0) is 16.3. The summed E-state index contributed by atoms with van der Waals surface area (Å²) in [5.74, 6) is 0.145. The lowest BCUT2D eigenvalue weighted by Gasteiger charge is -2.40. The Morgan fingerprint density at radius 2 is 1.86 bits per heavy atom. The molecule has 1 aromatic carbocycles. The number of anilines is 1. The molecule has 1 heterocycles. The van der Waals surface area contributed by atoms with E-state index in [2.05, 4.69) is 46.3 Å². The van der Waals surface area contributed by atoms with Gasteiger partial charge in [-0.3, -0.25) is 9.69 Å². The van der Waals surface area contributed by atoms with Gasteiger partial charge in [0, 0.05) is 59.6 Å². The zero-order valence-corrected chi connectivity index (χ0v) is 14.3. The van der Waals surface area contributed by atoms with Crippen molar-refractivity contribution in [2.75, 3.05) is 52.7 Å². The van der Waals surface area contributed by atoms with Gasteiger partial charge >= 0.3 is 0 Å². The van der Waals surface area contributed by atoms with E-state index in [0.29, 0.717) is 6.04 Å². The number of benzene rings is 1. The molecule has 5 heteroatoms. The predicted molar refractivity (Wildman–Crippen MR) is 91.2 cm³/mol. The van der Waals surface area contributed by atoms with Gasteiger partial charge in [0.1, 0.15) is 6.04 Å². The Labute approximate surface area is 133 Å². The Bertz CT molecular complexity index is 498. The molecule has 1 N–H and O–H groups in total. The molecule has 2 atom stereocenters. The number of carbonyl (C=O) groups is 1. The minimum atomic E-state index is -0.205. The van der Waals surface area contributed by atoms with Crippen molar-refractivity contribution < 1.29 is 4.79 Å². The average Bonchev–Trinajstić information content (AvgIpc) is 2.49. The summed E-state index contributed by atoms with van der Waals surface area (Å²) in [5.41, 5.74) is 2.21. The molecule has 122 valence electrons. The first-order valence-electron chi connectivity index (χ1n) is 7.86. The van der Waals surface area contributed by atoms with Crippen LogP contribution in [0.3, 0.4) is 0 Å². The van der Waals surface area contributed by atoms with Crippen LogP contribution in [0.5, 0.6) is 0 Å². The topological polar surface area (TPSA) is 38.8 Å². The first kappa shape index (κ1) is 16.8. The number of piperazine rings is 1. The molecule has 0 radical (unpaired) electrons. The second kappa shape index (κ2) is 7.11. The summed E-state index contributed by atoms with van der Waals surface area (Å²) in [7, 11) is 7.71. The molecule has 1 fully saturated rings. The maximum absolute atomic E-state index is 12.8. The van der Waals surface area contributed by atoms with E-state index in [9.17, 15) is 4.79 Å². The van der Waals surface area contributed by atoms with E-state index in [1.165, 1.54) is 0 Å². The predicted octanol–water partition coefficient (Wildman–Crippen LogP) is 1.18. The third-order valence-electron chi connectivity index (χ3n) is 4.28. The van der Waals surface area contributed by atoms with Crippen LogP contribution in [-0.4, -0.2) is 69.6 Å². The fraction of sp³-hybridized carbons (Fsp3) is 0.588. The summed E-state index contributed by atoms with van der Waals surface area (Å²) >= 11 is 0. The van der Waals surface area contributed by atoms with Crippen LogP contribution in [0.2, 0.25) is 0 Å². The summed E-state index contributed by atoms with van der Waals surface area (Å²) in [6.07, 6.45) is 0. The zero-order valence-electron chi connectivity index (χ0n) is 14.3. The summed E-state index contributed by atoms with van der Waals surface area (Å²) in [6.45, 7) is 4.92. The highest BCUT2D eigenvalue weighted by atomic mass is 16.2. The van der Waals surface area contributed by atoms with Crippen LogP contribution in [0.15, 0.2) is 24.3 Å². The lowest BCUT2D eigenvalue weighted by molar-refractivity contribution is -0.136. The lowest BCUT2D eigenvalue weighted by Crippen LogP contribution is -2.54. The van der Waals surface area contributed by atoms with E-state index in [1.54, 1.807) is 4.90 Å². The summed E-state index contributed by atoms with van der Waals surface area (Å²) in [6, 6.07) is 8.46. The number of likely N-dealkylation sites (N-methyl/N-ethyl adjacent to an activating group) is 1. The molecule has 2 rings (SSSR count). The Morgan fingerprint density at radius 3 is 2.36 bits per heavy atom.